The van der Waals surface area contributed by atoms with E-state index in [4.69, 9.17) is 13.8 Å². The van der Waals surface area contributed by atoms with E-state index in [1.807, 2.05) is 33.3 Å². The fourth-order valence-corrected chi connectivity index (χ4v) is 10.2. The van der Waals surface area contributed by atoms with Crippen LogP contribution in [-0.4, -0.2) is 69.4 Å². The molecule has 9 nitrogen and oxygen atoms in total. The van der Waals surface area contributed by atoms with Gasteiger partial charge >= 0.3 is 5.97 Å². The zero-order chi connectivity index (χ0) is 63.5. The Bertz CT molecular complexity index is 2000. The summed E-state index contributed by atoms with van der Waals surface area (Å²) in [7, 11) is 1.15. The molecule has 0 aliphatic heterocycles. The van der Waals surface area contributed by atoms with Crippen molar-refractivity contribution < 1.29 is 37.3 Å². The van der Waals surface area contributed by atoms with Gasteiger partial charge in [0.25, 0.3) is 7.82 Å². The molecule has 0 bridgehead atoms. The summed E-state index contributed by atoms with van der Waals surface area (Å²) in [6.45, 7) is 6.59. The van der Waals surface area contributed by atoms with Crippen LogP contribution in [-0.2, 0) is 27.9 Å². The predicted octanol–water partition coefficient (Wildman–Crippen LogP) is 21.9. The normalized spacial score (nSPS) is 14.4. The van der Waals surface area contributed by atoms with Gasteiger partial charge in [-0.15, -0.1) is 0 Å². The molecule has 1 amide bonds. The molecule has 0 fully saturated rings. The highest BCUT2D eigenvalue weighted by Crippen LogP contribution is 2.38. The number of ether oxygens (including phenoxy) is 1. The van der Waals surface area contributed by atoms with E-state index in [9.17, 15) is 19.0 Å². The van der Waals surface area contributed by atoms with Crippen molar-refractivity contribution in [3.05, 3.63) is 146 Å². The van der Waals surface area contributed by atoms with Crippen LogP contribution >= 0.6 is 7.82 Å². The molecular formula is C77H131N2O7P. The molecule has 0 aliphatic rings. The van der Waals surface area contributed by atoms with Crippen LogP contribution in [0, 0.1) is 0 Å². The van der Waals surface area contributed by atoms with E-state index in [-0.39, 0.29) is 24.9 Å². The first-order chi connectivity index (χ1) is 42.4. The summed E-state index contributed by atoms with van der Waals surface area (Å²) in [5, 5.41) is 3.03. The first-order valence-corrected chi connectivity index (χ1v) is 36.6. The zero-order valence-electron chi connectivity index (χ0n) is 56.7. The summed E-state index contributed by atoms with van der Waals surface area (Å²) in [6, 6.07) is -0.912. The number of carbonyl (C=O) groups is 2. The van der Waals surface area contributed by atoms with E-state index in [0.717, 1.165) is 148 Å². The van der Waals surface area contributed by atoms with Crippen LogP contribution in [0.3, 0.4) is 0 Å². The second kappa shape index (κ2) is 64.9. The van der Waals surface area contributed by atoms with Gasteiger partial charge < -0.3 is 28.5 Å². The zero-order valence-corrected chi connectivity index (χ0v) is 57.6. The topological polar surface area (TPSA) is 114 Å². The Kier molecular flexibility index (Phi) is 61.8. The highest BCUT2D eigenvalue weighted by molar-refractivity contribution is 7.45. The predicted molar refractivity (Wildman–Crippen MR) is 376 cm³/mol. The number of quaternary nitrogens is 1. The van der Waals surface area contributed by atoms with Crippen molar-refractivity contribution in [1.82, 2.24) is 5.32 Å². The van der Waals surface area contributed by atoms with Gasteiger partial charge in [-0.05, 0) is 128 Å². The highest BCUT2D eigenvalue weighted by Gasteiger charge is 2.27. The second-order valence-electron chi connectivity index (χ2n) is 24.3. The molecule has 87 heavy (non-hydrogen) atoms. The summed E-state index contributed by atoms with van der Waals surface area (Å²) in [5.74, 6) is -0.581. The fraction of sp³-hybridized carbons (Fsp3) is 0.662. The van der Waals surface area contributed by atoms with E-state index < -0.39 is 26.6 Å². The number of rotatable bonds is 62. The van der Waals surface area contributed by atoms with Crippen LogP contribution in [0.25, 0.3) is 0 Å². The van der Waals surface area contributed by atoms with E-state index in [1.165, 1.54) is 89.9 Å². The first-order valence-electron chi connectivity index (χ1n) is 35.1. The maximum absolute atomic E-state index is 13.6. The maximum Gasteiger partial charge on any atom is 0.306 e. The number of nitrogens with zero attached hydrogens (tertiary/aromatic N) is 1. The Morgan fingerprint density at radius 2 is 0.736 bits per heavy atom. The van der Waals surface area contributed by atoms with Crippen molar-refractivity contribution in [1.29, 1.82) is 0 Å². The molecular weight excluding hydrogens is 1100 g/mol. The number of unbranched alkanes of at least 4 members (excludes halogenated alkanes) is 24. The minimum Gasteiger partial charge on any atom is -0.756 e. The lowest BCUT2D eigenvalue weighted by molar-refractivity contribution is -0.870. The number of esters is 1. The van der Waals surface area contributed by atoms with Crippen molar-refractivity contribution in [3.8, 4) is 0 Å². The van der Waals surface area contributed by atoms with E-state index in [2.05, 4.69) is 160 Å². The van der Waals surface area contributed by atoms with Crippen molar-refractivity contribution in [3.63, 3.8) is 0 Å². The number of nitrogens with one attached hydrogen (secondary N) is 1. The van der Waals surface area contributed by atoms with Crippen LogP contribution < -0.4 is 10.2 Å². The van der Waals surface area contributed by atoms with Gasteiger partial charge in [-0.25, -0.2) is 0 Å². The third-order valence-corrected chi connectivity index (χ3v) is 15.7. The Morgan fingerprint density at radius 1 is 0.414 bits per heavy atom. The number of hydrogen-bond acceptors (Lipinski definition) is 7. The SMILES string of the molecule is CC/C=C\C/C=C\C/C=C\C/C=C\C/C=C\C/C=C\CCCCCCC(=O)OC(/C=C\CCCCCCCCCCC)C(COP(=O)([O-])OCC[N+](C)(C)C)NC(=O)CCCCCCCCCCCCC/C=C\C/C=C\C/C=C\C/C=C\C/C=C\CC. The van der Waals surface area contributed by atoms with Crippen LogP contribution in [0.4, 0.5) is 0 Å². The maximum atomic E-state index is 13.6. The van der Waals surface area contributed by atoms with Crippen LogP contribution in [0.15, 0.2) is 146 Å². The molecule has 1 N–H and O–H groups in total. The average molecular weight is 1230 g/mol. The molecule has 0 aromatic heterocycles. The number of hydrogen-bond donors (Lipinski definition) is 1. The Morgan fingerprint density at radius 3 is 1.10 bits per heavy atom. The van der Waals surface area contributed by atoms with Gasteiger partial charge in [0.1, 0.15) is 19.3 Å². The smallest absolute Gasteiger partial charge is 0.306 e. The summed E-state index contributed by atoms with van der Waals surface area (Å²) < 4.78 is 30.4. The van der Waals surface area contributed by atoms with E-state index in [0.29, 0.717) is 23.9 Å². The molecule has 10 heteroatoms. The van der Waals surface area contributed by atoms with Gasteiger partial charge in [0.2, 0.25) is 5.91 Å². The molecule has 0 rings (SSSR count). The fourth-order valence-electron chi connectivity index (χ4n) is 9.43. The molecule has 0 radical (unpaired) electrons. The minimum atomic E-state index is -4.72. The van der Waals surface area contributed by atoms with Gasteiger partial charge in [0, 0.05) is 12.8 Å². The lowest BCUT2D eigenvalue weighted by Crippen LogP contribution is -2.47. The highest BCUT2D eigenvalue weighted by atomic mass is 31.2. The summed E-state index contributed by atoms with van der Waals surface area (Å²) in [4.78, 5) is 40.2. The van der Waals surface area contributed by atoms with Gasteiger partial charge in [0.05, 0.1) is 33.8 Å². The summed E-state index contributed by atoms with van der Waals surface area (Å²) in [5.41, 5.74) is 0. The number of allylic oxidation sites excluding steroid dienone is 23. The second-order valence-corrected chi connectivity index (χ2v) is 25.7. The molecule has 496 valence electrons. The number of phosphoric ester groups is 1. The van der Waals surface area contributed by atoms with E-state index in [1.54, 1.807) is 0 Å². The monoisotopic (exact) mass is 1230 g/mol. The molecule has 0 spiro atoms. The minimum absolute atomic E-state index is 0.0350. The van der Waals surface area contributed by atoms with Gasteiger partial charge in [-0.3, -0.25) is 14.2 Å². The molecule has 0 aromatic carbocycles. The molecule has 3 atom stereocenters. The lowest BCUT2D eigenvalue weighted by atomic mass is 10.0. The average Bonchev–Trinajstić information content (AvgIpc) is 3.70. The summed E-state index contributed by atoms with van der Waals surface area (Å²) >= 11 is 0. The Hall–Kier alpha value is -4.11. The van der Waals surface area contributed by atoms with Gasteiger partial charge in [0.15, 0.2) is 0 Å². The lowest BCUT2D eigenvalue weighted by Gasteiger charge is -2.30. The number of amides is 1. The van der Waals surface area contributed by atoms with Crippen molar-refractivity contribution in [2.45, 2.75) is 290 Å². The number of carbonyl (C=O) groups excluding carboxylic acids is 2. The van der Waals surface area contributed by atoms with Crippen LogP contribution in [0.2, 0.25) is 0 Å². The molecule has 3 unspecified atom stereocenters. The molecule has 0 aromatic rings. The number of likely N-dealkylation sites (N-methyl/N-ethyl adjacent to an activating group) is 1. The largest absolute Gasteiger partial charge is 0.756 e. The quantitative estimate of drug-likeness (QED) is 0.0212. The first kappa shape index (κ1) is 82.9. The van der Waals surface area contributed by atoms with Crippen LogP contribution in [0.1, 0.15) is 278 Å². The van der Waals surface area contributed by atoms with Crippen LogP contribution in [0.5, 0.6) is 0 Å². The van der Waals surface area contributed by atoms with Crippen molar-refractivity contribution in [2.75, 3.05) is 40.9 Å². The molecule has 0 aliphatic carbocycles. The Labute approximate surface area is 536 Å². The standard InChI is InChI=1S/C77H131N2O7P/c1-7-10-13-16-19-22-25-27-29-31-33-35-37-38-39-40-42-43-45-47-49-51-54-57-60-63-66-69-76(80)78-74(73-85-87(82,83)84-72-71-79(4,5)6)75(68-65-62-59-56-53-24-21-18-15-12-9-3)86-77(81)70-67-64-61-58-55-52-50-48-46-44-41-36-34-32-30-28-26-23-20-17-14-11-8-2/h10-11,13-14,19-20,22-23,27-30,33-36,38-39,44,46,50,52,65,68,74-75H,7-9,12,15-18,21,24-26,31-32,37,40-43,45,47-49,51,53-64,66-67,69-73H2,1-6H3,(H-,78,80,82,83)/b13-10-,14-11-,22-19-,23-20-,29-27-,30-28-,35-33-,36-34-,39-38-,46-44-,52-50-,68-65-. The molecule has 0 saturated heterocycles. The van der Waals surface area contributed by atoms with Gasteiger partial charge in [-0.1, -0.05) is 283 Å². The van der Waals surface area contributed by atoms with Crippen molar-refractivity contribution in [2.24, 2.45) is 0 Å². The van der Waals surface area contributed by atoms with Crippen molar-refractivity contribution >= 4 is 19.7 Å². The van der Waals surface area contributed by atoms with E-state index >= 15 is 0 Å². The third-order valence-electron chi connectivity index (χ3n) is 14.8. The van der Waals surface area contributed by atoms with Gasteiger partial charge in [-0.2, -0.15) is 0 Å². The third kappa shape index (κ3) is 66.1. The summed E-state index contributed by atoms with van der Waals surface area (Å²) in [6.07, 6.45) is 94.0. The Balaban J connectivity index is 5.10. The molecule has 0 heterocycles. The number of phosphoric acid groups is 1. The molecule has 0 saturated carbocycles.